The monoisotopic (exact) mass is 330 g/mol. The number of hydrogen-bond acceptors (Lipinski definition) is 4. The summed E-state index contributed by atoms with van der Waals surface area (Å²) in [6.07, 6.45) is 1.57. The first-order valence-corrected chi connectivity index (χ1v) is 7.75. The Balaban J connectivity index is 1.79. The lowest BCUT2D eigenvalue weighted by Crippen LogP contribution is -2.13. The summed E-state index contributed by atoms with van der Waals surface area (Å²) in [5, 5.41) is 13.0. The van der Waals surface area contributed by atoms with Gasteiger partial charge in [0.1, 0.15) is 11.4 Å². The molecule has 0 aliphatic carbocycles. The van der Waals surface area contributed by atoms with Gasteiger partial charge in [0.2, 0.25) is 0 Å². The number of furan rings is 1. The van der Waals surface area contributed by atoms with Gasteiger partial charge in [-0.25, -0.2) is 4.98 Å². The Morgan fingerprint density at radius 1 is 1.00 bits per heavy atom. The number of nitrogens with zero attached hydrogens (tertiary/aromatic N) is 1. The minimum Gasteiger partial charge on any atom is -0.508 e. The first-order valence-electron chi connectivity index (χ1n) is 7.75. The molecule has 4 rings (SSSR count). The Bertz CT molecular complexity index is 1040. The van der Waals surface area contributed by atoms with Crippen molar-refractivity contribution in [2.75, 3.05) is 5.32 Å². The van der Waals surface area contributed by atoms with Crippen LogP contribution in [0.1, 0.15) is 10.4 Å². The summed E-state index contributed by atoms with van der Waals surface area (Å²) in [5.41, 5.74) is 2.42. The summed E-state index contributed by atoms with van der Waals surface area (Å²) in [7, 11) is 0. The van der Waals surface area contributed by atoms with Gasteiger partial charge in [-0.2, -0.15) is 0 Å². The van der Waals surface area contributed by atoms with Gasteiger partial charge in [-0.05, 0) is 48.5 Å². The molecule has 2 heterocycles. The number of carbonyl (C=O) groups is 1. The van der Waals surface area contributed by atoms with Gasteiger partial charge in [-0.1, -0.05) is 18.2 Å². The fraction of sp³-hybridized carbons (Fsp3) is 0. The number of rotatable bonds is 3. The molecule has 5 heteroatoms. The van der Waals surface area contributed by atoms with Crippen molar-refractivity contribution in [1.29, 1.82) is 0 Å². The summed E-state index contributed by atoms with van der Waals surface area (Å²) < 4.78 is 5.41. The molecule has 5 nitrogen and oxygen atoms in total. The van der Waals surface area contributed by atoms with E-state index in [9.17, 15) is 9.90 Å². The molecule has 25 heavy (non-hydrogen) atoms. The molecule has 1 amide bonds. The van der Waals surface area contributed by atoms with Gasteiger partial charge in [0, 0.05) is 11.1 Å². The van der Waals surface area contributed by atoms with E-state index in [2.05, 4.69) is 10.3 Å². The number of carbonyl (C=O) groups excluding carboxylic acids is 1. The zero-order chi connectivity index (χ0) is 17.2. The molecule has 0 unspecified atom stereocenters. The highest BCUT2D eigenvalue weighted by molar-refractivity contribution is 6.13. The lowest BCUT2D eigenvalue weighted by molar-refractivity contribution is 0.102. The zero-order valence-electron chi connectivity index (χ0n) is 13.1. The minimum absolute atomic E-state index is 0.146. The molecule has 0 radical (unpaired) electrons. The van der Waals surface area contributed by atoms with E-state index >= 15 is 0 Å². The van der Waals surface area contributed by atoms with Crippen LogP contribution in [-0.4, -0.2) is 16.0 Å². The van der Waals surface area contributed by atoms with E-state index in [4.69, 9.17) is 4.42 Å². The molecular formula is C20H14N2O3. The number of hydrogen-bond donors (Lipinski definition) is 2. The largest absolute Gasteiger partial charge is 0.508 e. The van der Waals surface area contributed by atoms with Crippen molar-refractivity contribution in [3.8, 4) is 17.2 Å². The normalized spacial score (nSPS) is 10.7. The number of amides is 1. The van der Waals surface area contributed by atoms with Gasteiger partial charge in [0.25, 0.3) is 5.91 Å². The Morgan fingerprint density at radius 3 is 2.56 bits per heavy atom. The summed E-state index contributed by atoms with van der Waals surface area (Å²) in [6, 6.07) is 19.1. The number of phenolic OH excluding ortho intramolecular Hbond substituents is 1. The molecule has 0 aliphatic heterocycles. The van der Waals surface area contributed by atoms with Crippen LogP contribution in [-0.2, 0) is 0 Å². The molecule has 2 N–H and O–H groups in total. The van der Waals surface area contributed by atoms with Gasteiger partial charge in [-0.15, -0.1) is 0 Å². The first-order chi connectivity index (χ1) is 12.2. The molecule has 0 fully saturated rings. The fourth-order valence-electron chi connectivity index (χ4n) is 2.66. The summed E-state index contributed by atoms with van der Waals surface area (Å²) in [4.78, 5) is 17.4. The minimum atomic E-state index is -0.253. The van der Waals surface area contributed by atoms with E-state index in [1.807, 2.05) is 24.3 Å². The third-order valence-corrected chi connectivity index (χ3v) is 3.86. The maximum Gasteiger partial charge on any atom is 0.256 e. The number of benzene rings is 2. The molecule has 0 atom stereocenters. The number of aromatic hydroxyl groups is 1. The number of aromatic nitrogens is 1. The highest BCUT2D eigenvalue weighted by Crippen LogP contribution is 2.26. The van der Waals surface area contributed by atoms with Crippen molar-refractivity contribution in [3.63, 3.8) is 0 Å². The SMILES string of the molecule is O=C(Nc1ccc(O)cc1)c1cc(-c2ccco2)nc2ccccc12. The molecule has 4 aromatic rings. The Morgan fingerprint density at radius 2 is 1.80 bits per heavy atom. The molecule has 0 saturated heterocycles. The quantitative estimate of drug-likeness (QED) is 0.544. The molecule has 0 saturated carbocycles. The maximum absolute atomic E-state index is 12.8. The zero-order valence-corrected chi connectivity index (χ0v) is 13.1. The first kappa shape index (κ1) is 15.0. The average molecular weight is 330 g/mol. The van der Waals surface area contributed by atoms with E-state index in [1.165, 1.54) is 12.1 Å². The number of nitrogens with one attached hydrogen (secondary N) is 1. The van der Waals surface area contributed by atoms with E-state index in [0.29, 0.717) is 28.2 Å². The van der Waals surface area contributed by atoms with Crippen LogP contribution in [0.2, 0.25) is 0 Å². The van der Waals surface area contributed by atoms with Crippen LogP contribution < -0.4 is 5.32 Å². The number of pyridine rings is 1. The number of phenols is 1. The summed E-state index contributed by atoms with van der Waals surface area (Å²) in [6.45, 7) is 0. The topological polar surface area (TPSA) is 75.4 Å². The van der Waals surface area contributed by atoms with Crippen molar-refractivity contribution in [1.82, 2.24) is 4.98 Å². The smallest absolute Gasteiger partial charge is 0.256 e. The number of para-hydroxylation sites is 1. The van der Waals surface area contributed by atoms with Crippen LogP contribution >= 0.6 is 0 Å². The number of anilines is 1. The molecular weight excluding hydrogens is 316 g/mol. The van der Waals surface area contributed by atoms with Crippen LogP contribution in [0.4, 0.5) is 5.69 Å². The van der Waals surface area contributed by atoms with Crippen LogP contribution in [0, 0.1) is 0 Å². The molecule has 122 valence electrons. The fourth-order valence-corrected chi connectivity index (χ4v) is 2.66. The second kappa shape index (κ2) is 6.13. The van der Waals surface area contributed by atoms with Crippen molar-refractivity contribution >= 4 is 22.5 Å². The Kier molecular flexibility index (Phi) is 3.67. The second-order valence-electron chi connectivity index (χ2n) is 5.55. The van der Waals surface area contributed by atoms with Crippen LogP contribution in [0.25, 0.3) is 22.4 Å². The van der Waals surface area contributed by atoms with Gasteiger partial charge >= 0.3 is 0 Å². The summed E-state index contributed by atoms with van der Waals surface area (Å²) in [5.74, 6) is 0.494. The lowest BCUT2D eigenvalue weighted by atomic mass is 10.1. The third kappa shape index (κ3) is 2.95. The molecule has 0 bridgehead atoms. The van der Waals surface area contributed by atoms with Crippen molar-refractivity contribution in [2.24, 2.45) is 0 Å². The van der Waals surface area contributed by atoms with E-state index < -0.39 is 0 Å². The highest BCUT2D eigenvalue weighted by Gasteiger charge is 2.15. The van der Waals surface area contributed by atoms with E-state index in [1.54, 1.807) is 36.6 Å². The van der Waals surface area contributed by atoms with Gasteiger partial charge < -0.3 is 14.8 Å². The Labute approximate surface area is 143 Å². The molecule has 2 aromatic heterocycles. The van der Waals surface area contributed by atoms with Crippen molar-refractivity contribution in [2.45, 2.75) is 0 Å². The van der Waals surface area contributed by atoms with Crippen molar-refractivity contribution < 1.29 is 14.3 Å². The van der Waals surface area contributed by atoms with Crippen LogP contribution in [0.5, 0.6) is 5.75 Å². The standard InChI is InChI=1S/C20H14N2O3/c23-14-9-7-13(8-10-14)21-20(24)16-12-18(19-6-3-11-25-19)22-17-5-2-1-4-15(16)17/h1-12,23H,(H,21,24). The van der Waals surface area contributed by atoms with Gasteiger partial charge in [-0.3, -0.25) is 4.79 Å². The summed E-state index contributed by atoms with van der Waals surface area (Å²) >= 11 is 0. The third-order valence-electron chi connectivity index (χ3n) is 3.86. The predicted molar refractivity (Wildman–Crippen MR) is 95.5 cm³/mol. The second-order valence-corrected chi connectivity index (χ2v) is 5.55. The van der Waals surface area contributed by atoms with Gasteiger partial charge in [0.05, 0.1) is 17.3 Å². The van der Waals surface area contributed by atoms with Crippen LogP contribution in [0.15, 0.2) is 77.4 Å². The molecule has 0 aliphatic rings. The highest BCUT2D eigenvalue weighted by atomic mass is 16.3. The average Bonchev–Trinajstić information content (AvgIpc) is 3.17. The van der Waals surface area contributed by atoms with Gasteiger partial charge in [0.15, 0.2) is 5.76 Å². The van der Waals surface area contributed by atoms with E-state index in [-0.39, 0.29) is 11.7 Å². The van der Waals surface area contributed by atoms with E-state index in [0.717, 1.165) is 5.39 Å². The lowest BCUT2D eigenvalue weighted by Gasteiger charge is -2.10. The molecule has 0 spiro atoms. The molecule has 2 aromatic carbocycles. The van der Waals surface area contributed by atoms with Crippen molar-refractivity contribution in [3.05, 3.63) is 78.6 Å². The predicted octanol–water partition coefficient (Wildman–Crippen LogP) is 4.45. The van der Waals surface area contributed by atoms with Crippen LogP contribution in [0.3, 0.4) is 0 Å². The number of fused-ring (bicyclic) bond motifs is 1. The maximum atomic E-state index is 12.8. The Hall–Kier alpha value is -3.60.